The maximum Gasteiger partial charge on any atom is 0.308 e. The molecule has 0 heterocycles. The highest BCUT2D eigenvalue weighted by Gasteiger charge is 2.08. The average Bonchev–Trinajstić information content (AvgIpc) is 2.27. The molecule has 8 heteroatoms. The summed E-state index contributed by atoms with van der Waals surface area (Å²) in [6.07, 6.45) is -1.03. The van der Waals surface area contributed by atoms with Gasteiger partial charge in [-0.2, -0.15) is 8.78 Å². The first-order valence-corrected chi connectivity index (χ1v) is 5.59. The number of hydrogen-bond acceptors (Lipinski definition) is 6. The predicted molar refractivity (Wildman–Crippen MR) is 57.0 cm³/mol. The standard InChI is InChI=1S/C11H14F2O6/c12-8(14)3-1-5-10(16)18-7-19-11(17)6-2-4-9(13)15/h1-7H2. The van der Waals surface area contributed by atoms with Crippen LogP contribution in [-0.4, -0.2) is 30.8 Å². The van der Waals surface area contributed by atoms with Crippen molar-refractivity contribution in [3.05, 3.63) is 0 Å². The Balaban J connectivity index is 3.50. The number of esters is 2. The fraction of sp³-hybridized carbons (Fsp3) is 0.636. The zero-order valence-electron chi connectivity index (χ0n) is 10.2. The number of carbonyl (C=O) groups is 4. The molecule has 0 aliphatic carbocycles. The van der Waals surface area contributed by atoms with Crippen LogP contribution in [0.25, 0.3) is 0 Å². The zero-order valence-corrected chi connectivity index (χ0v) is 10.2. The van der Waals surface area contributed by atoms with Crippen LogP contribution in [0.5, 0.6) is 0 Å². The van der Waals surface area contributed by atoms with E-state index in [4.69, 9.17) is 0 Å². The molecule has 0 saturated heterocycles. The summed E-state index contributed by atoms with van der Waals surface area (Å²) in [5.41, 5.74) is 0. The van der Waals surface area contributed by atoms with E-state index in [1.807, 2.05) is 0 Å². The molecule has 0 aromatic rings. The minimum Gasteiger partial charge on any atom is -0.428 e. The lowest BCUT2D eigenvalue weighted by Crippen LogP contribution is -2.12. The molecule has 0 aliphatic heterocycles. The van der Waals surface area contributed by atoms with Gasteiger partial charge in [-0.1, -0.05) is 0 Å². The van der Waals surface area contributed by atoms with E-state index in [1.165, 1.54) is 0 Å². The van der Waals surface area contributed by atoms with E-state index < -0.39 is 30.8 Å². The van der Waals surface area contributed by atoms with Crippen LogP contribution in [0.3, 0.4) is 0 Å². The van der Waals surface area contributed by atoms with Gasteiger partial charge in [0.1, 0.15) is 0 Å². The lowest BCUT2D eigenvalue weighted by atomic mass is 10.2. The molecule has 19 heavy (non-hydrogen) atoms. The van der Waals surface area contributed by atoms with Gasteiger partial charge in [-0.15, -0.1) is 0 Å². The Morgan fingerprint density at radius 2 is 1.05 bits per heavy atom. The van der Waals surface area contributed by atoms with Crippen molar-refractivity contribution < 1.29 is 37.4 Å². The molecule has 0 spiro atoms. The smallest absolute Gasteiger partial charge is 0.308 e. The minimum atomic E-state index is -1.51. The van der Waals surface area contributed by atoms with Gasteiger partial charge in [0.25, 0.3) is 0 Å². The first-order valence-electron chi connectivity index (χ1n) is 5.59. The molecule has 0 unspecified atom stereocenters. The zero-order chi connectivity index (χ0) is 14.7. The van der Waals surface area contributed by atoms with Crippen molar-refractivity contribution in [1.29, 1.82) is 0 Å². The molecule has 0 amide bonds. The second kappa shape index (κ2) is 10.1. The van der Waals surface area contributed by atoms with Crippen LogP contribution in [0.1, 0.15) is 38.5 Å². The molecule has 0 N–H and O–H groups in total. The molecule has 0 rings (SSSR count). The summed E-state index contributed by atoms with van der Waals surface area (Å²) in [6, 6.07) is -3.02. The molecular formula is C11H14F2O6. The Kier molecular flexibility index (Phi) is 9.11. The van der Waals surface area contributed by atoms with Crippen molar-refractivity contribution >= 4 is 24.0 Å². The van der Waals surface area contributed by atoms with Crippen LogP contribution < -0.4 is 0 Å². The molecule has 108 valence electrons. The van der Waals surface area contributed by atoms with Gasteiger partial charge in [0.2, 0.25) is 6.79 Å². The van der Waals surface area contributed by atoms with Crippen molar-refractivity contribution in [2.24, 2.45) is 0 Å². The van der Waals surface area contributed by atoms with Crippen LogP contribution >= 0.6 is 0 Å². The summed E-state index contributed by atoms with van der Waals surface area (Å²) < 4.78 is 32.5. The van der Waals surface area contributed by atoms with Crippen LogP contribution in [0.4, 0.5) is 8.78 Å². The lowest BCUT2D eigenvalue weighted by Gasteiger charge is -2.05. The van der Waals surface area contributed by atoms with Gasteiger partial charge in [-0.3, -0.25) is 19.2 Å². The summed E-state index contributed by atoms with van der Waals surface area (Å²) in [4.78, 5) is 41.8. The number of rotatable bonds is 10. The van der Waals surface area contributed by atoms with Crippen LogP contribution in [0.15, 0.2) is 0 Å². The summed E-state index contributed by atoms with van der Waals surface area (Å²) in [5, 5.41) is 0. The monoisotopic (exact) mass is 280 g/mol. The molecule has 0 saturated carbocycles. The van der Waals surface area contributed by atoms with Gasteiger partial charge in [0.15, 0.2) is 0 Å². The fourth-order valence-corrected chi connectivity index (χ4v) is 1.05. The maximum atomic E-state index is 11.8. The van der Waals surface area contributed by atoms with Gasteiger partial charge >= 0.3 is 24.0 Å². The Hall–Kier alpha value is -1.86. The highest BCUT2D eigenvalue weighted by Crippen LogP contribution is 2.01. The van der Waals surface area contributed by atoms with Crippen LogP contribution in [0, 0.1) is 0 Å². The molecule has 0 bridgehead atoms. The summed E-state index contributed by atoms with van der Waals surface area (Å²) in [6.45, 7) is -0.606. The van der Waals surface area contributed by atoms with Crippen molar-refractivity contribution in [3.8, 4) is 0 Å². The third-order valence-corrected chi connectivity index (χ3v) is 1.95. The molecule has 6 nitrogen and oxygen atoms in total. The molecule has 0 fully saturated rings. The molecular weight excluding hydrogens is 266 g/mol. The second-order valence-corrected chi connectivity index (χ2v) is 3.57. The minimum absolute atomic E-state index is 0.0146. The van der Waals surface area contributed by atoms with E-state index in [2.05, 4.69) is 9.47 Å². The normalized spacial score (nSPS) is 9.79. The summed E-state index contributed by atoms with van der Waals surface area (Å²) >= 11 is 0. The molecule has 0 aromatic heterocycles. The van der Waals surface area contributed by atoms with E-state index >= 15 is 0 Å². The number of hydrogen-bond donors (Lipinski definition) is 0. The van der Waals surface area contributed by atoms with E-state index in [9.17, 15) is 28.0 Å². The SMILES string of the molecule is O=C(F)CCCC(=O)OCOC(=O)CCCC(=O)F. The van der Waals surface area contributed by atoms with E-state index in [0.29, 0.717) is 0 Å². The van der Waals surface area contributed by atoms with Crippen molar-refractivity contribution in [1.82, 2.24) is 0 Å². The Bertz CT molecular complexity index is 310. The van der Waals surface area contributed by atoms with E-state index in [-0.39, 0.29) is 38.5 Å². The van der Waals surface area contributed by atoms with Crippen molar-refractivity contribution in [3.63, 3.8) is 0 Å². The third kappa shape index (κ3) is 12.4. The first kappa shape index (κ1) is 17.1. The van der Waals surface area contributed by atoms with Gasteiger partial charge in [-0.05, 0) is 12.8 Å². The quantitative estimate of drug-likeness (QED) is 0.341. The van der Waals surface area contributed by atoms with Gasteiger partial charge in [0.05, 0.1) is 0 Å². The maximum absolute atomic E-state index is 11.8. The van der Waals surface area contributed by atoms with Crippen LogP contribution in [0.2, 0.25) is 0 Å². The molecule has 0 radical (unpaired) electrons. The summed E-state index contributed by atoms with van der Waals surface area (Å²) in [7, 11) is 0. The second-order valence-electron chi connectivity index (χ2n) is 3.57. The highest BCUT2D eigenvalue weighted by molar-refractivity contribution is 5.73. The number of carbonyl (C=O) groups excluding carboxylic acids is 4. The van der Waals surface area contributed by atoms with Gasteiger partial charge in [-0.25, -0.2) is 0 Å². The largest absolute Gasteiger partial charge is 0.428 e. The molecule has 0 aliphatic rings. The highest BCUT2D eigenvalue weighted by atomic mass is 19.1. The molecule has 0 atom stereocenters. The Morgan fingerprint density at radius 1 is 0.684 bits per heavy atom. The average molecular weight is 280 g/mol. The number of ether oxygens (including phenoxy) is 2. The lowest BCUT2D eigenvalue weighted by molar-refractivity contribution is -0.167. The van der Waals surface area contributed by atoms with Gasteiger partial charge in [0, 0.05) is 25.7 Å². The Morgan fingerprint density at radius 3 is 1.37 bits per heavy atom. The topological polar surface area (TPSA) is 86.7 Å². The van der Waals surface area contributed by atoms with Crippen molar-refractivity contribution in [2.75, 3.05) is 6.79 Å². The van der Waals surface area contributed by atoms with Crippen molar-refractivity contribution in [2.45, 2.75) is 38.5 Å². The van der Waals surface area contributed by atoms with E-state index in [0.717, 1.165) is 0 Å². The summed E-state index contributed by atoms with van der Waals surface area (Å²) in [5.74, 6) is -1.46. The predicted octanol–water partition coefficient (Wildman–Crippen LogP) is 1.36. The fourth-order valence-electron chi connectivity index (χ4n) is 1.05. The van der Waals surface area contributed by atoms with Gasteiger partial charge < -0.3 is 9.47 Å². The number of halogens is 2. The molecule has 0 aromatic carbocycles. The first-order chi connectivity index (χ1) is 8.91. The van der Waals surface area contributed by atoms with E-state index in [1.54, 1.807) is 0 Å². The van der Waals surface area contributed by atoms with Crippen LogP contribution in [-0.2, 0) is 28.7 Å². The third-order valence-electron chi connectivity index (χ3n) is 1.95. The Labute approximate surface area is 108 Å².